The number of rotatable bonds is 2. The summed E-state index contributed by atoms with van der Waals surface area (Å²) in [5.41, 5.74) is 6.89. The van der Waals surface area contributed by atoms with Gasteiger partial charge in [0.1, 0.15) is 5.75 Å². The fourth-order valence-corrected chi connectivity index (χ4v) is 1.38. The van der Waals surface area contributed by atoms with Gasteiger partial charge in [0, 0.05) is 5.56 Å². The number of halogens is 1. The van der Waals surface area contributed by atoms with E-state index in [1.807, 2.05) is 6.92 Å². The third-order valence-corrected chi connectivity index (χ3v) is 2.18. The van der Waals surface area contributed by atoms with Gasteiger partial charge in [-0.3, -0.25) is 0 Å². The maximum atomic E-state index is 8.52. The lowest BCUT2D eigenvalue weighted by Gasteiger charge is -2.08. The summed E-state index contributed by atoms with van der Waals surface area (Å²) in [6.45, 7) is 1.83. The Morgan fingerprint density at radius 1 is 1.57 bits per heavy atom. The van der Waals surface area contributed by atoms with Crippen LogP contribution in [0.2, 0.25) is 5.02 Å². The Labute approximate surface area is 86.9 Å². The summed E-state index contributed by atoms with van der Waals surface area (Å²) in [7, 11) is 1.53. The minimum atomic E-state index is 0.0343. The van der Waals surface area contributed by atoms with E-state index in [9.17, 15) is 0 Å². The molecule has 0 aliphatic rings. The van der Waals surface area contributed by atoms with Gasteiger partial charge in [0.05, 0.1) is 12.1 Å². The van der Waals surface area contributed by atoms with Crippen molar-refractivity contribution in [2.45, 2.75) is 6.92 Å². The van der Waals surface area contributed by atoms with Crippen LogP contribution in [0.4, 0.5) is 0 Å². The highest BCUT2D eigenvalue weighted by Crippen LogP contribution is 2.27. The van der Waals surface area contributed by atoms with E-state index in [-0.39, 0.29) is 5.84 Å². The Balaban J connectivity index is 3.29. The van der Waals surface area contributed by atoms with Crippen molar-refractivity contribution in [1.29, 1.82) is 0 Å². The number of amidine groups is 1. The highest BCUT2D eigenvalue weighted by Gasteiger charge is 2.09. The van der Waals surface area contributed by atoms with E-state index >= 15 is 0 Å². The number of benzene rings is 1. The van der Waals surface area contributed by atoms with Crippen molar-refractivity contribution in [2.75, 3.05) is 7.11 Å². The van der Waals surface area contributed by atoms with Gasteiger partial charge in [0.25, 0.3) is 0 Å². The number of aryl methyl sites for hydroxylation is 1. The van der Waals surface area contributed by atoms with Crippen LogP contribution in [-0.4, -0.2) is 18.2 Å². The van der Waals surface area contributed by atoms with Crippen LogP contribution in [-0.2, 0) is 0 Å². The molecular weight excluding hydrogens is 204 g/mol. The van der Waals surface area contributed by atoms with Gasteiger partial charge in [-0.2, -0.15) is 0 Å². The molecule has 0 bridgehead atoms. The molecule has 0 spiro atoms. The second kappa shape index (κ2) is 4.19. The predicted octanol–water partition coefficient (Wildman–Crippen LogP) is 1.75. The van der Waals surface area contributed by atoms with Crippen LogP contribution in [0.5, 0.6) is 5.75 Å². The summed E-state index contributed by atoms with van der Waals surface area (Å²) < 4.78 is 5.02. The zero-order valence-corrected chi connectivity index (χ0v) is 8.67. The maximum Gasteiger partial charge on any atom is 0.170 e. The third kappa shape index (κ3) is 1.90. The molecule has 0 aliphatic heterocycles. The number of methoxy groups -OCH3 is 1. The lowest BCUT2D eigenvalue weighted by atomic mass is 10.1. The van der Waals surface area contributed by atoms with Gasteiger partial charge in [-0.05, 0) is 24.6 Å². The van der Waals surface area contributed by atoms with Crippen molar-refractivity contribution in [1.82, 2.24) is 0 Å². The molecular formula is C9H11ClN2O2. The topological polar surface area (TPSA) is 67.8 Å². The van der Waals surface area contributed by atoms with Gasteiger partial charge in [0.15, 0.2) is 5.84 Å². The van der Waals surface area contributed by atoms with E-state index in [4.69, 9.17) is 27.3 Å². The third-order valence-electron chi connectivity index (χ3n) is 1.88. The maximum absolute atomic E-state index is 8.52. The number of hydrogen-bond acceptors (Lipinski definition) is 3. The van der Waals surface area contributed by atoms with Crippen molar-refractivity contribution in [3.05, 3.63) is 28.3 Å². The first-order valence-corrected chi connectivity index (χ1v) is 4.30. The quantitative estimate of drug-likeness (QED) is 0.341. The van der Waals surface area contributed by atoms with Crippen LogP contribution in [0, 0.1) is 6.92 Å². The minimum Gasteiger partial charge on any atom is -0.495 e. The molecule has 0 saturated heterocycles. The van der Waals surface area contributed by atoms with Crippen LogP contribution in [0.25, 0.3) is 0 Å². The van der Waals surface area contributed by atoms with Crippen LogP contribution < -0.4 is 10.5 Å². The molecule has 0 aliphatic carbocycles. The van der Waals surface area contributed by atoms with E-state index in [0.717, 1.165) is 5.56 Å². The molecule has 0 fully saturated rings. The molecule has 0 unspecified atom stereocenters. The summed E-state index contributed by atoms with van der Waals surface area (Å²) in [6, 6.07) is 3.33. The number of hydrogen-bond donors (Lipinski definition) is 2. The number of ether oxygens (including phenoxy) is 1. The summed E-state index contributed by atoms with van der Waals surface area (Å²) >= 11 is 5.89. The number of nitrogens with two attached hydrogens (primary N) is 1. The molecule has 0 saturated carbocycles. The largest absolute Gasteiger partial charge is 0.495 e. The lowest BCUT2D eigenvalue weighted by molar-refractivity contribution is 0.318. The van der Waals surface area contributed by atoms with Crippen molar-refractivity contribution in [3.63, 3.8) is 0 Å². The minimum absolute atomic E-state index is 0.0343. The molecule has 1 aromatic carbocycles. The molecule has 1 rings (SSSR count). The molecule has 3 N–H and O–H groups in total. The van der Waals surface area contributed by atoms with Gasteiger partial charge in [-0.25, -0.2) is 0 Å². The molecule has 0 aromatic heterocycles. The van der Waals surface area contributed by atoms with Gasteiger partial charge in [-0.15, -0.1) is 0 Å². The average Bonchev–Trinajstić information content (AvgIpc) is 2.19. The zero-order valence-electron chi connectivity index (χ0n) is 7.91. The normalized spacial score (nSPS) is 11.5. The zero-order chi connectivity index (χ0) is 10.7. The molecule has 4 nitrogen and oxygen atoms in total. The second-order valence-corrected chi connectivity index (χ2v) is 3.19. The fourth-order valence-electron chi connectivity index (χ4n) is 1.14. The highest BCUT2D eigenvalue weighted by molar-refractivity contribution is 6.32. The molecule has 0 amide bonds. The first kappa shape index (κ1) is 10.7. The van der Waals surface area contributed by atoms with Crippen molar-refractivity contribution in [2.24, 2.45) is 10.9 Å². The van der Waals surface area contributed by atoms with Crippen LogP contribution in [0.15, 0.2) is 17.3 Å². The Hall–Kier alpha value is -1.42. The smallest absolute Gasteiger partial charge is 0.170 e. The molecule has 14 heavy (non-hydrogen) atoms. The SMILES string of the molecule is COc1cc(C)c(/C(N)=N/O)cc1Cl. The lowest BCUT2D eigenvalue weighted by Crippen LogP contribution is -2.14. The Kier molecular flexibility index (Phi) is 3.19. The van der Waals surface area contributed by atoms with Crippen molar-refractivity contribution >= 4 is 17.4 Å². The Bertz CT molecular complexity index is 377. The van der Waals surface area contributed by atoms with Gasteiger partial charge in [0.2, 0.25) is 0 Å². The predicted molar refractivity (Wildman–Crippen MR) is 55.3 cm³/mol. The molecule has 1 aromatic rings. The van der Waals surface area contributed by atoms with E-state index in [0.29, 0.717) is 16.3 Å². The van der Waals surface area contributed by atoms with Crippen molar-refractivity contribution in [3.8, 4) is 5.75 Å². The second-order valence-electron chi connectivity index (χ2n) is 2.79. The standard InChI is InChI=1S/C9H11ClN2O2/c1-5-3-8(14-2)7(10)4-6(5)9(11)12-13/h3-4,13H,1-2H3,(H2,11,12). The molecule has 76 valence electrons. The number of oxime groups is 1. The fraction of sp³-hybridized carbons (Fsp3) is 0.222. The average molecular weight is 215 g/mol. The van der Waals surface area contributed by atoms with Gasteiger partial charge >= 0.3 is 0 Å². The summed E-state index contributed by atoms with van der Waals surface area (Å²) in [5, 5.41) is 11.9. The summed E-state index contributed by atoms with van der Waals surface area (Å²) in [6.07, 6.45) is 0. The van der Waals surface area contributed by atoms with Crippen LogP contribution >= 0.6 is 11.6 Å². The Morgan fingerprint density at radius 3 is 2.71 bits per heavy atom. The summed E-state index contributed by atoms with van der Waals surface area (Å²) in [4.78, 5) is 0. The van der Waals surface area contributed by atoms with E-state index < -0.39 is 0 Å². The Morgan fingerprint density at radius 2 is 2.21 bits per heavy atom. The number of nitrogens with zero attached hydrogens (tertiary/aromatic N) is 1. The molecule has 0 atom stereocenters. The first-order valence-electron chi connectivity index (χ1n) is 3.92. The van der Waals surface area contributed by atoms with E-state index in [1.54, 1.807) is 12.1 Å². The van der Waals surface area contributed by atoms with E-state index in [1.165, 1.54) is 7.11 Å². The molecule has 5 heteroatoms. The molecule has 0 radical (unpaired) electrons. The van der Waals surface area contributed by atoms with Crippen LogP contribution in [0.1, 0.15) is 11.1 Å². The summed E-state index contributed by atoms with van der Waals surface area (Å²) in [5.74, 6) is 0.603. The van der Waals surface area contributed by atoms with Gasteiger partial charge in [-0.1, -0.05) is 16.8 Å². The first-order chi connectivity index (χ1) is 6.60. The van der Waals surface area contributed by atoms with Crippen molar-refractivity contribution < 1.29 is 9.94 Å². The molecule has 0 heterocycles. The highest BCUT2D eigenvalue weighted by atomic mass is 35.5. The van der Waals surface area contributed by atoms with Crippen LogP contribution in [0.3, 0.4) is 0 Å². The van der Waals surface area contributed by atoms with Gasteiger partial charge < -0.3 is 15.7 Å². The van der Waals surface area contributed by atoms with E-state index in [2.05, 4.69) is 5.16 Å². The monoisotopic (exact) mass is 214 g/mol.